The molecule has 2 fully saturated rings. The van der Waals surface area contributed by atoms with Crippen LogP contribution in [0.25, 0.3) is 0 Å². The summed E-state index contributed by atoms with van der Waals surface area (Å²) >= 11 is 0. The Kier molecular flexibility index (Phi) is 46.8. The lowest BCUT2D eigenvalue weighted by atomic mass is 9.97. The summed E-state index contributed by atoms with van der Waals surface area (Å²) in [6.07, 6.45) is 50.8. The molecule has 0 aromatic rings. The van der Waals surface area contributed by atoms with Gasteiger partial charge < -0.3 is 65.1 Å². The molecule has 2 aliphatic rings. The molecule has 464 valence electrons. The first-order chi connectivity index (χ1) is 39.1. The molecular weight excluding hydrogens is 1010 g/mol. The molecule has 0 bridgehead atoms. The van der Waals surface area contributed by atoms with Crippen LogP contribution in [-0.2, 0) is 23.7 Å². The van der Waals surface area contributed by atoms with E-state index in [2.05, 4.69) is 79.9 Å². The van der Waals surface area contributed by atoms with Crippen molar-refractivity contribution in [1.82, 2.24) is 5.32 Å². The number of hydrogen-bond donors (Lipinski definition) is 9. The highest BCUT2D eigenvalue weighted by molar-refractivity contribution is 5.76. The molecule has 0 radical (unpaired) electrons. The van der Waals surface area contributed by atoms with Crippen LogP contribution in [0.15, 0.2) is 72.9 Å². The van der Waals surface area contributed by atoms with E-state index in [1.54, 1.807) is 6.08 Å². The standard InChI is InChI=1S/C66H117NO13/c1-3-5-7-9-11-13-15-17-19-21-22-23-24-25-26-27-28-29-30-31-32-34-36-38-40-42-44-46-48-50-58(71)67-54(55(70)49-47-45-43-41-39-37-35-33-20-18-16-14-12-10-8-6-4-2)53-77-65-63(76)61(74)64(57(52-69)79-65)80-66-62(75)60(73)59(72)56(51-68)78-66/h5,7,11,13,17,19,22-23,25-26,47,49,54-57,59-66,68-70,72-76H,3-4,6,8-10,12,14-16,18,20-21,24,27-46,48,50-53H2,1-2H3,(H,67,71)/b7-5-,13-11-,19-17-,23-22-,26-25-,49-47+. The van der Waals surface area contributed by atoms with E-state index in [0.717, 1.165) is 77.0 Å². The average molecular weight is 1130 g/mol. The molecule has 0 aliphatic carbocycles. The van der Waals surface area contributed by atoms with Gasteiger partial charge in [-0.3, -0.25) is 4.79 Å². The molecule has 1 amide bonds. The summed E-state index contributed by atoms with van der Waals surface area (Å²) in [7, 11) is 0. The Labute approximate surface area is 485 Å². The second-order valence-electron chi connectivity index (χ2n) is 22.5. The van der Waals surface area contributed by atoms with Crippen molar-refractivity contribution < 1.29 is 64.6 Å². The first-order valence-electron chi connectivity index (χ1n) is 32.2. The Morgan fingerprint density at radius 3 is 1.32 bits per heavy atom. The number of aliphatic hydroxyl groups is 8. The second kappa shape index (κ2) is 50.9. The third kappa shape index (κ3) is 35.5. The molecular formula is C66H117NO13. The van der Waals surface area contributed by atoms with Crippen LogP contribution in [-0.4, -0.2) is 140 Å². The van der Waals surface area contributed by atoms with E-state index >= 15 is 0 Å². The van der Waals surface area contributed by atoms with Crippen molar-refractivity contribution in [3.63, 3.8) is 0 Å². The Hall–Kier alpha value is -2.57. The summed E-state index contributed by atoms with van der Waals surface area (Å²) < 4.78 is 22.8. The molecule has 9 N–H and O–H groups in total. The Morgan fingerprint density at radius 1 is 0.463 bits per heavy atom. The summed E-state index contributed by atoms with van der Waals surface area (Å²) in [6, 6.07) is -0.919. The predicted molar refractivity (Wildman–Crippen MR) is 323 cm³/mol. The van der Waals surface area contributed by atoms with Crippen molar-refractivity contribution in [2.24, 2.45) is 0 Å². The van der Waals surface area contributed by atoms with E-state index in [1.807, 2.05) is 6.08 Å². The molecule has 12 unspecified atom stereocenters. The lowest BCUT2D eigenvalue weighted by Gasteiger charge is -2.46. The van der Waals surface area contributed by atoms with E-state index in [1.165, 1.54) is 141 Å². The summed E-state index contributed by atoms with van der Waals surface area (Å²) in [4.78, 5) is 13.3. The zero-order valence-electron chi connectivity index (χ0n) is 50.1. The number of allylic oxidation sites excluding steroid dienone is 11. The van der Waals surface area contributed by atoms with Crippen molar-refractivity contribution in [2.45, 2.75) is 319 Å². The summed E-state index contributed by atoms with van der Waals surface area (Å²) in [6.45, 7) is 2.70. The summed E-state index contributed by atoms with van der Waals surface area (Å²) in [5.74, 6) is -0.242. The van der Waals surface area contributed by atoms with Crippen LogP contribution in [0.3, 0.4) is 0 Å². The Bertz CT molecular complexity index is 1620. The number of unbranched alkanes of at least 4 members (excludes halogenated alkanes) is 28. The van der Waals surface area contributed by atoms with Crippen molar-refractivity contribution in [3.05, 3.63) is 72.9 Å². The van der Waals surface area contributed by atoms with E-state index in [-0.39, 0.29) is 18.9 Å². The third-order valence-electron chi connectivity index (χ3n) is 15.4. The molecule has 2 heterocycles. The van der Waals surface area contributed by atoms with Gasteiger partial charge in [0.1, 0.15) is 48.8 Å². The average Bonchev–Trinajstić information content (AvgIpc) is 3.46. The quantitative estimate of drug-likeness (QED) is 0.0204. The van der Waals surface area contributed by atoms with E-state index in [0.29, 0.717) is 6.42 Å². The number of nitrogens with one attached hydrogen (secondary N) is 1. The fraction of sp³-hybridized carbons (Fsp3) is 0.803. The second-order valence-corrected chi connectivity index (χ2v) is 22.5. The molecule has 14 nitrogen and oxygen atoms in total. The number of carbonyl (C=O) groups excluding carboxylic acids is 1. The highest BCUT2D eigenvalue weighted by Crippen LogP contribution is 2.30. The molecule has 14 heteroatoms. The van der Waals surface area contributed by atoms with E-state index in [4.69, 9.17) is 18.9 Å². The third-order valence-corrected chi connectivity index (χ3v) is 15.4. The van der Waals surface area contributed by atoms with Crippen molar-refractivity contribution >= 4 is 5.91 Å². The van der Waals surface area contributed by atoms with Gasteiger partial charge in [-0.25, -0.2) is 0 Å². The number of amides is 1. The van der Waals surface area contributed by atoms with Crippen molar-refractivity contribution in [2.75, 3.05) is 19.8 Å². The van der Waals surface area contributed by atoms with Crippen LogP contribution in [0.2, 0.25) is 0 Å². The fourth-order valence-corrected chi connectivity index (χ4v) is 10.3. The van der Waals surface area contributed by atoms with Gasteiger partial charge in [-0.05, 0) is 64.2 Å². The number of ether oxygens (including phenoxy) is 4. The largest absolute Gasteiger partial charge is 0.394 e. The minimum absolute atomic E-state index is 0.242. The van der Waals surface area contributed by atoms with Gasteiger partial charge in [0.05, 0.1) is 32.0 Å². The van der Waals surface area contributed by atoms with Gasteiger partial charge in [-0.15, -0.1) is 0 Å². The summed E-state index contributed by atoms with van der Waals surface area (Å²) in [5, 5.41) is 87.2. The SMILES string of the molecule is CC/C=C\C/C=C\C/C=C\C/C=C\C/C=C\CCCCCCCCCCCCCCCC(=O)NC(COC1OC(CO)C(OC2OC(CO)C(O)C(O)C2O)C(O)C1O)C(O)/C=C/CCCCCCCCCCCCCCCCC. The smallest absolute Gasteiger partial charge is 0.220 e. The highest BCUT2D eigenvalue weighted by Gasteiger charge is 2.51. The normalized spacial score (nSPS) is 24.7. The van der Waals surface area contributed by atoms with Gasteiger partial charge in [0.2, 0.25) is 5.91 Å². The van der Waals surface area contributed by atoms with Crippen molar-refractivity contribution in [3.8, 4) is 0 Å². The molecule has 2 aliphatic heterocycles. The predicted octanol–water partition coefficient (Wildman–Crippen LogP) is 11.9. The molecule has 2 saturated heterocycles. The zero-order chi connectivity index (χ0) is 58.1. The van der Waals surface area contributed by atoms with Gasteiger partial charge in [0.15, 0.2) is 12.6 Å². The fourth-order valence-electron chi connectivity index (χ4n) is 10.3. The van der Waals surface area contributed by atoms with Gasteiger partial charge in [-0.1, -0.05) is 247 Å². The minimum Gasteiger partial charge on any atom is -0.394 e. The van der Waals surface area contributed by atoms with Crippen LogP contribution < -0.4 is 5.32 Å². The van der Waals surface area contributed by atoms with E-state index in [9.17, 15) is 45.6 Å². The zero-order valence-corrected chi connectivity index (χ0v) is 50.1. The number of carbonyl (C=O) groups is 1. The minimum atomic E-state index is -1.79. The topological polar surface area (TPSA) is 228 Å². The number of rotatable bonds is 51. The maximum absolute atomic E-state index is 13.3. The molecule has 0 aromatic carbocycles. The monoisotopic (exact) mass is 1130 g/mol. The number of aliphatic hydroxyl groups excluding tert-OH is 8. The molecule has 2 rings (SSSR count). The van der Waals surface area contributed by atoms with Gasteiger partial charge in [0, 0.05) is 6.42 Å². The Morgan fingerprint density at radius 2 is 0.863 bits per heavy atom. The molecule has 12 atom stereocenters. The maximum Gasteiger partial charge on any atom is 0.220 e. The molecule has 80 heavy (non-hydrogen) atoms. The van der Waals surface area contributed by atoms with Crippen LogP contribution in [0, 0.1) is 0 Å². The van der Waals surface area contributed by atoms with Crippen LogP contribution >= 0.6 is 0 Å². The summed E-state index contributed by atoms with van der Waals surface area (Å²) in [5.41, 5.74) is 0. The molecule has 0 spiro atoms. The lowest BCUT2D eigenvalue weighted by molar-refractivity contribution is -0.359. The van der Waals surface area contributed by atoms with Crippen LogP contribution in [0.1, 0.15) is 245 Å². The highest BCUT2D eigenvalue weighted by atomic mass is 16.7. The van der Waals surface area contributed by atoms with E-state index < -0.39 is 86.8 Å². The molecule has 0 aromatic heterocycles. The first kappa shape index (κ1) is 73.5. The van der Waals surface area contributed by atoms with Gasteiger partial charge in [0.25, 0.3) is 0 Å². The van der Waals surface area contributed by atoms with Crippen molar-refractivity contribution in [1.29, 1.82) is 0 Å². The maximum atomic E-state index is 13.3. The first-order valence-corrected chi connectivity index (χ1v) is 32.2. The number of hydrogen-bond acceptors (Lipinski definition) is 13. The van der Waals surface area contributed by atoms with Gasteiger partial charge >= 0.3 is 0 Å². The van der Waals surface area contributed by atoms with Crippen LogP contribution in [0.4, 0.5) is 0 Å². The molecule has 0 saturated carbocycles. The van der Waals surface area contributed by atoms with Gasteiger partial charge in [-0.2, -0.15) is 0 Å². The lowest BCUT2D eigenvalue weighted by Crippen LogP contribution is -2.65. The Balaban J connectivity index is 1.70. The van der Waals surface area contributed by atoms with Crippen LogP contribution in [0.5, 0.6) is 0 Å².